The van der Waals surface area contributed by atoms with Crippen LogP contribution in [-0.4, -0.2) is 78.0 Å². The number of ether oxygens (including phenoxy) is 1. The first-order valence-electron chi connectivity index (χ1n) is 9.50. The molecule has 0 aromatic heterocycles. The van der Waals surface area contributed by atoms with Gasteiger partial charge in [0.25, 0.3) is 0 Å². The lowest BCUT2D eigenvalue weighted by molar-refractivity contribution is -0.477. The van der Waals surface area contributed by atoms with E-state index in [0.717, 1.165) is 6.92 Å². The van der Waals surface area contributed by atoms with Crippen molar-refractivity contribution in [3.8, 4) is 0 Å². The fourth-order valence-electron chi connectivity index (χ4n) is 2.28. The van der Waals surface area contributed by atoms with Crippen LogP contribution in [-0.2, 0) is 9.53 Å². The van der Waals surface area contributed by atoms with Crippen LogP contribution < -0.4 is 0 Å². The van der Waals surface area contributed by atoms with Crippen LogP contribution >= 0.6 is 0 Å². The molecule has 0 aromatic rings. The molecular weight excluding hydrogens is 661 g/mol. The molecule has 0 unspecified atom stereocenters. The second-order valence-electron chi connectivity index (χ2n) is 7.73. The molecule has 0 atom stereocenters. The second-order valence-corrected chi connectivity index (χ2v) is 7.73. The van der Waals surface area contributed by atoms with Gasteiger partial charge < -0.3 is 4.74 Å². The number of hydrogen-bond acceptors (Lipinski definition) is 2. The van der Waals surface area contributed by atoms with Crippen LogP contribution in [0.1, 0.15) is 19.8 Å². The summed E-state index contributed by atoms with van der Waals surface area (Å²) in [7, 11) is 0. The van der Waals surface area contributed by atoms with E-state index < -0.39 is 84.4 Å². The van der Waals surface area contributed by atoms with Gasteiger partial charge in [-0.05, 0) is 6.42 Å². The van der Waals surface area contributed by atoms with Crippen LogP contribution in [0.2, 0.25) is 0 Å². The molecule has 0 saturated heterocycles. The molecule has 0 saturated carbocycles. The van der Waals surface area contributed by atoms with Gasteiger partial charge in [-0.3, -0.25) is 0 Å². The lowest BCUT2D eigenvalue weighted by Crippen LogP contribution is -2.78. The Kier molecular flexibility index (Phi) is 9.71. The Morgan fingerprint density at radius 3 is 0.927 bits per heavy atom. The van der Waals surface area contributed by atoms with Crippen LogP contribution in [0.3, 0.4) is 0 Å². The molecule has 0 aromatic carbocycles. The maximum Gasteiger partial charge on any atom is 0.460 e. The van der Waals surface area contributed by atoms with E-state index in [9.17, 15) is 106 Å². The maximum atomic E-state index is 13.7. The predicted octanol–water partition coefficient (Wildman–Crippen LogP) is 8.25. The van der Waals surface area contributed by atoms with E-state index in [1.165, 1.54) is 0 Å². The first-order valence-corrected chi connectivity index (χ1v) is 9.50. The summed E-state index contributed by atoms with van der Waals surface area (Å²) < 4.78 is 308. The molecule has 0 aliphatic carbocycles. The van der Waals surface area contributed by atoms with Gasteiger partial charge in [0.2, 0.25) is 0 Å². The molecule has 0 fully saturated rings. The van der Waals surface area contributed by atoms with Gasteiger partial charge >= 0.3 is 71.4 Å². The van der Waals surface area contributed by atoms with Crippen molar-refractivity contribution in [1.82, 2.24) is 0 Å². The van der Waals surface area contributed by atoms with E-state index in [1.807, 2.05) is 0 Å². The average molecular weight is 670 g/mol. The van der Waals surface area contributed by atoms with Crippen molar-refractivity contribution >= 4 is 5.97 Å². The van der Waals surface area contributed by atoms with Gasteiger partial charge in [0, 0.05) is 0 Å². The third-order valence-electron chi connectivity index (χ3n) is 4.89. The standard InChI is InChI=1S/C16H9F23O2/c1-2-3-4-41-5(40)6(17,18)7(19,20)8(21,22)9(23,24)10(25,26)11(27,28)12(29,30)13(31,32)14(33,34)15(35,36)16(37,38)39/h2-4H2,1H3. The van der Waals surface area contributed by atoms with Crippen LogP contribution in [0.25, 0.3) is 0 Å². The van der Waals surface area contributed by atoms with E-state index in [0.29, 0.717) is 0 Å². The minimum Gasteiger partial charge on any atom is -0.461 e. The van der Waals surface area contributed by atoms with Crippen molar-refractivity contribution in [3.05, 3.63) is 0 Å². The highest BCUT2D eigenvalue weighted by Crippen LogP contribution is 2.67. The monoisotopic (exact) mass is 670 g/mol. The van der Waals surface area contributed by atoms with Gasteiger partial charge in [-0.1, -0.05) is 13.3 Å². The molecule has 0 bridgehead atoms. The Balaban J connectivity index is 7.11. The number of esters is 1. The van der Waals surface area contributed by atoms with Gasteiger partial charge in [0.05, 0.1) is 6.61 Å². The molecule has 41 heavy (non-hydrogen) atoms. The maximum absolute atomic E-state index is 13.7. The topological polar surface area (TPSA) is 26.3 Å². The van der Waals surface area contributed by atoms with Gasteiger partial charge in [0.1, 0.15) is 0 Å². The SMILES string of the molecule is CCCCOC(=O)C(F)(F)C(F)(F)C(F)(F)C(F)(F)C(F)(F)C(F)(F)C(F)(F)C(F)(F)C(F)(F)C(F)(F)C(F)(F)F. The molecule has 2 nitrogen and oxygen atoms in total. The molecule has 246 valence electrons. The molecule has 25 heteroatoms. The van der Waals surface area contributed by atoms with Crippen LogP contribution in [0, 0.1) is 0 Å². The van der Waals surface area contributed by atoms with E-state index in [1.54, 1.807) is 0 Å². The third kappa shape index (κ3) is 4.98. The number of carbonyl (C=O) groups excluding carboxylic acids is 1. The van der Waals surface area contributed by atoms with Crippen LogP contribution in [0.5, 0.6) is 0 Å². The van der Waals surface area contributed by atoms with E-state index in [-0.39, 0.29) is 6.42 Å². The first kappa shape index (κ1) is 38.9. The molecule has 0 rings (SSSR count). The zero-order valence-corrected chi connectivity index (χ0v) is 18.6. The van der Waals surface area contributed by atoms with Gasteiger partial charge in [-0.15, -0.1) is 0 Å². The zero-order chi connectivity index (χ0) is 33.9. The minimum absolute atomic E-state index is 0.155. The number of carbonyl (C=O) groups is 1. The highest BCUT2D eigenvalue weighted by molar-refractivity contribution is 5.79. The second kappa shape index (κ2) is 10.2. The van der Waals surface area contributed by atoms with Crippen molar-refractivity contribution in [1.29, 1.82) is 0 Å². The Morgan fingerprint density at radius 2 is 0.683 bits per heavy atom. The van der Waals surface area contributed by atoms with Crippen molar-refractivity contribution < 1.29 is 111 Å². The highest BCUT2D eigenvalue weighted by Gasteiger charge is 2.99. The van der Waals surface area contributed by atoms with E-state index >= 15 is 0 Å². The summed E-state index contributed by atoms with van der Waals surface area (Å²) in [5.74, 6) is -93.3. The summed E-state index contributed by atoms with van der Waals surface area (Å²) in [5.41, 5.74) is 0. The Hall–Kier alpha value is -2.14. The summed E-state index contributed by atoms with van der Waals surface area (Å²) in [6, 6.07) is 0. The smallest absolute Gasteiger partial charge is 0.460 e. The number of halogens is 23. The van der Waals surface area contributed by atoms with E-state index in [2.05, 4.69) is 4.74 Å². The summed E-state index contributed by atoms with van der Waals surface area (Å²) in [6.45, 7) is -0.244. The Bertz CT molecular complexity index is 946. The predicted molar refractivity (Wildman–Crippen MR) is 81.4 cm³/mol. The number of rotatable bonds is 13. The van der Waals surface area contributed by atoms with Crippen molar-refractivity contribution in [3.63, 3.8) is 0 Å². The fraction of sp³-hybridized carbons (Fsp3) is 0.938. The quantitative estimate of drug-likeness (QED) is 0.112. The van der Waals surface area contributed by atoms with Gasteiger partial charge in [-0.25, -0.2) is 4.79 Å². The lowest BCUT2D eigenvalue weighted by Gasteiger charge is -2.44. The lowest BCUT2D eigenvalue weighted by atomic mass is 9.85. The van der Waals surface area contributed by atoms with Gasteiger partial charge in [-0.2, -0.15) is 101 Å². The van der Waals surface area contributed by atoms with Crippen molar-refractivity contribution in [2.45, 2.75) is 85.2 Å². The molecule has 0 radical (unpaired) electrons. The number of hydrogen-bond donors (Lipinski definition) is 0. The van der Waals surface area contributed by atoms with Crippen LogP contribution in [0.4, 0.5) is 101 Å². The zero-order valence-electron chi connectivity index (χ0n) is 18.6. The minimum atomic E-state index is -9.48. The summed E-state index contributed by atoms with van der Waals surface area (Å²) in [5, 5.41) is 0. The average Bonchev–Trinajstić information content (AvgIpc) is 2.76. The molecule has 0 amide bonds. The largest absolute Gasteiger partial charge is 0.461 e. The summed E-state index contributed by atoms with van der Waals surface area (Å²) in [4.78, 5) is 11.0. The summed E-state index contributed by atoms with van der Waals surface area (Å²) in [6.07, 6.45) is -8.84. The molecule has 0 aliphatic rings. The molecular formula is C16H9F23O2. The number of alkyl halides is 23. The van der Waals surface area contributed by atoms with Gasteiger partial charge in [0.15, 0.2) is 0 Å². The Morgan fingerprint density at radius 1 is 0.439 bits per heavy atom. The van der Waals surface area contributed by atoms with Crippen molar-refractivity contribution in [2.75, 3.05) is 6.61 Å². The number of unbranched alkanes of at least 4 members (excludes halogenated alkanes) is 1. The normalized spacial score (nSPS) is 16.2. The molecule has 0 spiro atoms. The summed E-state index contributed by atoms with van der Waals surface area (Å²) >= 11 is 0. The van der Waals surface area contributed by atoms with E-state index in [4.69, 9.17) is 0 Å². The molecule has 0 aliphatic heterocycles. The van der Waals surface area contributed by atoms with Crippen LogP contribution in [0.15, 0.2) is 0 Å². The first-order chi connectivity index (χ1) is 17.5. The Labute approximate surface area is 209 Å². The molecule has 0 N–H and O–H groups in total. The fourth-order valence-corrected chi connectivity index (χ4v) is 2.28. The van der Waals surface area contributed by atoms with Crippen molar-refractivity contribution in [2.24, 2.45) is 0 Å². The highest BCUT2D eigenvalue weighted by atomic mass is 19.4. The third-order valence-corrected chi connectivity index (χ3v) is 4.89. The molecule has 0 heterocycles.